The molecule has 2 aromatic rings. The third-order valence-electron chi connectivity index (χ3n) is 6.78. The molecule has 0 bridgehead atoms. The summed E-state index contributed by atoms with van der Waals surface area (Å²) in [6, 6.07) is 11.7. The summed E-state index contributed by atoms with van der Waals surface area (Å²) in [5, 5.41) is 5.64. The van der Waals surface area contributed by atoms with Crippen LogP contribution in [0.15, 0.2) is 42.5 Å². The SMILES string of the molecule is CN1CCC(C(=O)NCc2ccc(Nc3ccc(N4CCCCC4)cc3)cc2C(F)(F)F)CC1=O. The highest BCUT2D eigenvalue weighted by atomic mass is 19.4. The van der Waals surface area contributed by atoms with E-state index < -0.39 is 23.6 Å². The standard InChI is InChI=1S/C26H31F3N4O2/c1-32-14-11-18(15-24(32)34)25(35)30-17-19-5-6-21(16-23(19)26(27,28)29)31-20-7-9-22(10-8-20)33-12-3-2-4-13-33/h5-10,16,18,31H,2-4,11-15,17H2,1H3,(H,30,35). The Hall–Kier alpha value is -3.23. The first-order chi connectivity index (χ1) is 16.7. The smallest absolute Gasteiger partial charge is 0.372 e. The Kier molecular flexibility index (Phi) is 7.52. The third kappa shape index (κ3) is 6.26. The van der Waals surface area contributed by atoms with E-state index in [1.165, 1.54) is 25.3 Å². The Bertz CT molecular complexity index is 1050. The van der Waals surface area contributed by atoms with Crippen LogP contribution in [0.3, 0.4) is 0 Å². The third-order valence-corrected chi connectivity index (χ3v) is 6.78. The summed E-state index contributed by atoms with van der Waals surface area (Å²) in [5.41, 5.74) is 1.32. The normalized spacial score (nSPS) is 19.0. The molecular formula is C26H31F3N4O2. The van der Waals surface area contributed by atoms with Crippen LogP contribution in [0.2, 0.25) is 0 Å². The lowest BCUT2D eigenvalue weighted by atomic mass is 9.95. The van der Waals surface area contributed by atoms with Gasteiger partial charge >= 0.3 is 6.18 Å². The predicted octanol–water partition coefficient (Wildman–Crippen LogP) is 4.92. The molecule has 2 N–H and O–H groups in total. The zero-order valence-corrected chi connectivity index (χ0v) is 19.8. The summed E-state index contributed by atoms with van der Waals surface area (Å²) in [4.78, 5) is 28.2. The number of rotatable bonds is 6. The van der Waals surface area contributed by atoms with Gasteiger partial charge in [-0.05, 0) is 67.6 Å². The molecule has 2 heterocycles. The summed E-state index contributed by atoms with van der Waals surface area (Å²) >= 11 is 0. The Balaban J connectivity index is 1.42. The van der Waals surface area contributed by atoms with Crippen molar-refractivity contribution in [1.29, 1.82) is 0 Å². The number of hydrogen-bond donors (Lipinski definition) is 2. The van der Waals surface area contributed by atoms with Crippen LogP contribution in [0.4, 0.5) is 30.2 Å². The topological polar surface area (TPSA) is 64.7 Å². The van der Waals surface area contributed by atoms with Crippen molar-refractivity contribution in [3.8, 4) is 0 Å². The zero-order valence-electron chi connectivity index (χ0n) is 19.8. The molecular weight excluding hydrogens is 457 g/mol. The molecule has 2 saturated heterocycles. The van der Waals surface area contributed by atoms with Crippen LogP contribution in [0.25, 0.3) is 0 Å². The van der Waals surface area contributed by atoms with Gasteiger partial charge in [0.15, 0.2) is 0 Å². The van der Waals surface area contributed by atoms with Gasteiger partial charge in [0, 0.05) is 62.6 Å². The first-order valence-electron chi connectivity index (χ1n) is 12.0. The molecule has 0 saturated carbocycles. The lowest BCUT2D eigenvalue weighted by Gasteiger charge is -2.29. The van der Waals surface area contributed by atoms with Gasteiger partial charge in [-0.15, -0.1) is 0 Å². The van der Waals surface area contributed by atoms with Crippen molar-refractivity contribution in [2.45, 2.75) is 44.8 Å². The Morgan fingerprint density at radius 1 is 1.00 bits per heavy atom. The fourth-order valence-electron chi connectivity index (χ4n) is 4.64. The molecule has 2 aliphatic heterocycles. The van der Waals surface area contributed by atoms with Crippen molar-refractivity contribution in [1.82, 2.24) is 10.2 Å². The summed E-state index contributed by atoms with van der Waals surface area (Å²) < 4.78 is 41.4. The van der Waals surface area contributed by atoms with Gasteiger partial charge < -0.3 is 20.4 Å². The monoisotopic (exact) mass is 488 g/mol. The number of hydrogen-bond acceptors (Lipinski definition) is 4. The minimum absolute atomic E-state index is 0.0175. The Morgan fingerprint density at radius 2 is 1.69 bits per heavy atom. The molecule has 2 aliphatic rings. The second kappa shape index (κ2) is 10.6. The number of benzene rings is 2. The van der Waals surface area contributed by atoms with Crippen LogP contribution in [0.5, 0.6) is 0 Å². The summed E-state index contributed by atoms with van der Waals surface area (Å²) in [7, 11) is 1.67. The predicted molar refractivity (Wildman–Crippen MR) is 129 cm³/mol. The van der Waals surface area contributed by atoms with E-state index in [4.69, 9.17) is 0 Å². The molecule has 1 unspecified atom stereocenters. The van der Waals surface area contributed by atoms with Gasteiger partial charge in [-0.1, -0.05) is 6.07 Å². The molecule has 0 spiro atoms. The van der Waals surface area contributed by atoms with Crippen molar-refractivity contribution in [2.24, 2.45) is 5.92 Å². The van der Waals surface area contributed by atoms with Gasteiger partial charge in [-0.3, -0.25) is 9.59 Å². The van der Waals surface area contributed by atoms with Gasteiger partial charge in [-0.2, -0.15) is 13.2 Å². The van der Waals surface area contributed by atoms with Gasteiger partial charge in [0.1, 0.15) is 0 Å². The van der Waals surface area contributed by atoms with Crippen LogP contribution in [-0.2, 0) is 22.3 Å². The van der Waals surface area contributed by atoms with Crippen molar-refractivity contribution in [3.63, 3.8) is 0 Å². The molecule has 2 aromatic carbocycles. The first-order valence-corrected chi connectivity index (χ1v) is 12.0. The minimum Gasteiger partial charge on any atom is -0.372 e. The van der Waals surface area contributed by atoms with E-state index in [1.807, 2.05) is 24.3 Å². The van der Waals surface area contributed by atoms with Crippen LogP contribution < -0.4 is 15.5 Å². The van der Waals surface area contributed by atoms with Crippen molar-refractivity contribution >= 4 is 28.9 Å². The fourth-order valence-corrected chi connectivity index (χ4v) is 4.64. The quantitative estimate of drug-likeness (QED) is 0.606. The molecule has 6 nitrogen and oxygen atoms in total. The minimum atomic E-state index is -4.57. The molecule has 2 fully saturated rings. The van der Waals surface area contributed by atoms with E-state index in [2.05, 4.69) is 15.5 Å². The highest BCUT2D eigenvalue weighted by molar-refractivity contribution is 5.86. The number of piperidine rings is 2. The number of carbonyl (C=O) groups is 2. The summed E-state index contributed by atoms with van der Waals surface area (Å²) in [6.45, 7) is 2.25. The van der Waals surface area contributed by atoms with Gasteiger partial charge in [0.25, 0.3) is 0 Å². The number of carbonyl (C=O) groups excluding carboxylic acids is 2. The van der Waals surface area contributed by atoms with Crippen molar-refractivity contribution in [3.05, 3.63) is 53.6 Å². The number of halogens is 3. The highest BCUT2D eigenvalue weighted by Gasteiger charge is 2.34. The lowest BCUT2D eigenvalue weighted by Crippen LogP contribution is -2.42. The molecule has 9 heteroatoms. The zero-order chi connectivity index (χ0) is 25.0. The average molecular weight is 489 g/mol. The number of likely N-dealkylation sites (tertiary alicyclic amines) is 1. The summed E-state index contributed by atoms with van der Waals surface area (Å²) in [6.07, 6.45) is -0.408. The van der Waals surface area contributed by atoms with Crippen molar-refractivity contribution < 1.29 is 22.8 Å². The maximum atomic E-state index is 13.8. The first kappa shape index (κ1) is 24.9. The molecule has 0 aromatic heterocycles. The molecule has 0 radical (unpaired) electrons. The number of nitrogens with one attached hydrogen (secondary N) is 2. The average Bonchev–Trinajstić information content (AvgIpc) is 2.85. The van der Waals surface area contributed by atoms with Crippen molar-refractivity contribution in [2.75, 3.05) is 36.9 Å². The molecule has 1 atom stereocenters. The summed E-state index contributed by atoms with van der Waals surface area (Å²) in [5.74, 6) is -1.04. The van der Waals surface area contributed by atoms with Gasteiger partial charge in [0.2, 0.25) is 11.8 Å². The molecule has 0 aliphatic carbocycles. The molecule has 2 amide bonds. The van der Waals surface area contributed by atoms with E-state index >= 15 is 0 Å². The van der Waals surface area contributed by atoms with Crippen LogP contribution in [0, 0.1) is 5.92 Å². The van der Waals surface area contributed by atoms with Gasteiger partial charge in [-0.25, -0.2) is 0 Å². The largest absolute Gasteiger partial charge is 0.416 e. The van der Waals surface area contributed by atoms with Crippen LogP contribution in [0.1, 0.15) is 43.2 Å². The molecule has 35 heavy (non-hydrogen) atoms. The van der Waals surface area contributed by atoms with E-state index in [0.717, 1.165) is 24.8 Å². The number of nitrogens with zero attached hydrogens (tertiary/aromatic N) is 2. The Labute approximate surface area is 203 Å². The number of alkyl halides is 3. The second-order valence-corrected chi connectivity index (χ2v) is 9.31. The van der Waals surface area contributed by atoms with E-state index in [0.29, 0.717) is 24.3 Å². The van der Waals surface area contributed by atoms with E-state index in [9.17, 15) is 22.8 Å². The number of amides is 2. The molecule has 4 rings (SSSR count). The van der Waals surface area contributed by atoms with Crippen LogP contribution in [-0.4, -0.2) is 43.4 Å². The maximum absolute atomic E-state index is 13.8. The van der Waals surface area contributed by atoms with E-state index in [-0.39, 0.29) is 24.4 Å². The maximum Gasteiger partial charge on any atom is 0.416 e. The highest BCUT2D eigenvalue weighted by Crippen LogP contribution is 2.35. The number of anilines is 3. The van der Waals surface area contributed by atoms with Crippen LogP contribution >= 0.6 is 0 Å². The van der Waals surface area contributed by atoms with Gasteiger partial charge in [0.05, 0.1) is 5.56 Å². The van der Waals surface area contributed by atoms with E-state index in [1.54, 1.807) is 18.0 Å². The fraction of sp³-hybridized carbons (Fsp3) is 0.462. The molecule has 188 valence electrons. The second-order valence-electron chi connectivity index (χ2n) is 9.31. The Morgan fingerprint density at radius 3 is 2.34 bits per heavy atom. The lowest BCUT2D eigenvalue weighted by molar-refractivity contribution is -0.139.